The minimum absolute atomic E-state index is 0.224. The van der Waals surface area contributed by atoms with E-state index in [2.05, 4.69) is 16.1 Å². The van der Waals surface area contributed by atoms with Gasteiger partial charge < -0.3 is 9.88 Å². The van der Waals surface area contributed by atoms with E-state index in [0.29, 0.717) is 13.1 Å². The number of nitrogens with one attached hydrogen (secondary N) is 2. The molecule has 5 nitrogen and oxygen atoms in total. The second-order valence-corrected chi connectivity index (χ2v) is 7.74. The van der Waals surface area contributed by atoms with Crippen molar-refractivity contribution in [2.75, 3.05) is 6.54 Å². The Morgan fingerprint density at radius 1 is 1.26 bits per heavy atom. The molecular formula is C19H19F3N4O. The fourth-order valence-electron chi connectivity index (χ4n) is 3.79. The fraction of sp³-hybridized carbons (Fsp3) is 0.368. The Bertz CT molecular complexity index is 1050. The van der Waals surface area contributed by atoms with Crippen LogP contribution >= 0.6 is 0 Å². The number of hydrogen-bond donors (Lipinski definition) is 2. The normalized spacial score (nSPS) is 16.6. The molecule has 1 aliphatic heterocycles. The molecule has 1 aromatic carbocycles. The van der Waals surface area contributed by atoms with E-state index in [1.165, 1.54) is 0 Å². The molecule has 142 valence electrons. The van der Waals surface area contributed by atoms with Gasteiger partial charge in [-0.05, 0) is 19.1 Å². The number of aromatic amines is 2. The lowest BCUT2D eigenvalue weighted by atomic mass is 9.82. The number of alkyl halides is 3. The maximum atomic E-state index is 12.8. The predicted octanol–water partition coefficient (Wildman–Crippen LogP) is 4.15. The molecule has 0 radical (unpaired) electrons. The van der Waals surface area contributed by atoms with Gasteiger partial charge in [0.15, 0.2) is 5.69 Å². The molecular weight excluding hydrogens is 357 g/mol. The van der Waals surface area contributed by atoms with Gasteiger partial charge in [0.2, 0.25) is 0 Å². The molecule has 8 heteroatoms. The summed E-state index contributed by atoms with van der Waals surface area (Å²) in [7, 11) is 0. The van der Waals surface area contributed by atoms with E-state index < -0.39 is 17.8 Å². The zero-order valence-electron chi connectivity index (χ0n) is 15.2. The van der Waals surface area contributed by atoms with Crippen LogP contribution in [0.5, 0.6) is 0 Å². The Hall–Kier alpha value is -2.77. The third kappa shape index (κ3) is 2.89. The van der Waals surface area contributed by atoms with Crippen molar-refractivity contribution in [3.8, 4) is 0 Å². The van der Waals surface area contributed by atoms with Crippen LogP contribution in [0, 0.1) is 6.92 Å². The standard InChI is InChI=1S/C19H19F3N4O/c1-10-4-5-13-11(6-10)12-8-26(9-18(2,3)16(12)23-13)17(27)14-7-15(25-24-14)19(20,21)22/h4-7,23H,8-9H2,1-3H3,(H,24,25). The number of fused-ring (bicyclic) bond motifs is 3. The minimum atomic E-state index is -4.56. The molecule has 0 saturated heterocycles. The predicted molar refractivity (Wildman–Crippen MR) is 94.4 cm³/mol. The second-order valence-electron chi connectivity index (χ2n) is 7.74. The van der Waals surface area contributed by atoms with Gasteiger partial charge in [0, 0.05) is 46.7 Å². The lowest BCUT2D eigenvalue weighted by Gasteiger charge is -2.37. The number of amides is 1. The highest BCUT2D eigenvalue weighted by molar-refractivity contribution is 5.94. The summed E-state index contributed by atoms with van der Waals surface area (Å²) >= 11 is 0. The SMILES string of the molecule is Cc1ccc2[nH]c3c(c2c1)CN(C(=O)c1cc(C(F)(F)F)[nH]n1)CC3(C)C. The highest BCUT2D eigenvalue weighted by atomic mass is 19.4. The Morgan fingerprint density at radius 2 is 2.00 bits per heavy atom. The number of aromatic nitrogens is 3. The molecule has 0 spiro atoms. The molecule has 0 bridgehead atoms. The first-order valence-electron chi connectivity index (χ1n) is 8.60. The average Bonchev–Trinajstić information content (AvgIpc) is 3.19. The van der Waals surface area contributed by atoms with Gasteiger partial charge in [-0.25, -0.2) is 0 Å². The Kier molecular flexibility index (Phi) is 3.66. The van der Waals surface area contributed by atoms with Crippen molar-refractivity contribution in [3.05, 3.63) is 52.5 Å². The van der Waals surface area contributed by atoms with Gasteiger partial charge in [0.05, 0.1) is 0 Å². The monoisotopic (exact) mass is 376 g/mol. The summed E-state index contributed by atoms with van der Waals surface area (Å²) in [6.07, 6.45) is -4.56. The van der Waals surface area contributed by atoms with E-state index in [-0.39, 0.29) is 11.1 Å². The van der Waals surface area contributed by atoms with Crippen LogP contribution < -0.4 is 0 Å². The summed E-state index contributed by atoms with van der Waals surface area (Å²) in [4.78, 5) is 17.8. The Labute approximate surface area is 153 Å². The maximum Gasteiger partial charge on any atom is 0.432 e. The first-order chi connectivity index (χ1) is 12.6. The lowest BCUT2D eigenvalue weighted by molar-refractivity contribution is -0.141. The van der Waals surface area contributed by atoms with E-state index in [1.807, 2.05) is 38.0 Å². The van der Waals surface area contributed by atoms with E-state index in [0.717, 1.165) is 33.8 Å². The number of aryl methyl sites for hydroxylation is 1. The summed E-state index contributed by atoms with van der Waals surface area (Å²) in [5.41, 5.74) is 2.55. The van der Waals surface area contributed by atoms with Crippen LogP contribution in [-0.2, 0) is 18.1 Å². The molecule has 1 aliphatic rings. The van der Waals surface area contributed by atoms with Gasteiger partial charge in [-0.15, -0.1) is 0 Å². The van der Waals surface area contributed by atoms with Crippen molar-refractivity contribution >= 4 is 16.8 Å². The summed E-state index contributed by atoms with van der Waals surface area (Å²) in [6, 6.07) is 6.85. The smallest absolute Gasteiger partial charge is 0.358 e. The minimum Gasteiger partial charge on any atom is -0.358 e. The van der Waals surface area contributed by atoms with Crippen molar-refractivity contribution in [2.24, 2.45) is 0 Å². The van der Waals surface area contributed by atoms with Gasteiger partial charge >= 0.3 is 6.18 Å². The van der Waals surface area contributed by atoms with Crippen LogP contribution in [0.25, 0.3) is 10.9 Å². The second kappa shape index (κ2) is 5.61. The molecule has 0 fully saturated rings. The van der Waals surface area contributed by atoms with E-state index in [9.17, 15) is 18.0 Å². The molecule has 0 saturated carbocycles. The third-order valence-corrected chi connectivity index (χ3v) is 5.06. The topological polar surface area (TPSA) is 64.8 Å². The van der Waals surface area contributed by atoms with Crippen LogP contribution in [0.3, 0.4) is 0 Å². The summed E-state index contributed by atoms with van der Waals surface area (Å²) in [5, 5.41) is 6.53. The number of benzene rings is 1. The van der Waals surface area contributed by atoms with Crippen molar-refractivity contribution in [1.29, 1.82) is 0 Å². The van der Waals surface area contributed by atoms with Gasteiger partial charge in [-0.3, -0.25) is 9.89 Å². The summed E-state index contributed by atoms with van der Waals surface area (Å²) < 4.78 is 38.4. The van der Waals surface area contributed by atoms with Gasteiger partial charge in [0.1, 0.15) is 5.69 Å². The van der Waals surface area contributed by atoms with Crippen LogP contribution in [0.1, 0.15) is 46.9 Å². The average molecular weight is 376 g/mol. The van der Waals surface area contributed by atoms with Crippen LogP contribution in [-0.4, -0.2) is 32.5 Å². The number of carbonyl (C=O) groups excluding carboxylic acids is 1. The highest BCUT2D eigenvalue weighted by Gasteiger charge is 2.39. The molecule has 0 aliphatic carbocycles. The van der Waals surface area contributed by atoms with Gasteiger partial charge in [-0.1, -0.05) is 25.5 Å². The quantitative estimate of drug-likeness (QED) is 0.670. The molecule has 3 heterocycles. The Morgan fingerprint density at radius 3 is 2.67 bits per heavy atom. The van der Waals surface area contributed by atoms with Gasteiger partial charge in [0.25, 0.3) is 5.91 Å². The highest BCUT2D eigenvalue weighted by Crippen LogP contribution is 2.38. The van der Waals surface area contributed by atoms with E-state index in [1.54, 1.807) is 4.90 Å². The maximum absolute atomic E-state index is 12.8. The van der Waals surface area contributed by atoms with E-state index >= 15 is 0 Å². The van der Waals surface area contributed by atoms with Crippen molar-refractivity contribution in [1.82, 2.24) is 20.1 Å². The molecule has 1 amide bonds. The Balaban J connectivity index is 1.73. The first kappa shape index (κ1) is 17.6. The number of hydrogen-bond acceptors (Lipinski definition) is 2. The molecule has 3 aromatic rings. The third-order valence-electron chi connectivity index (χ3n) is 5.06. The number of carbonyl (C=O) groups is 1. The van der Waals surface area contributed by atoms with Crippen molar-refractivity contribution < 1.29 is 18.0 Å². The number of rotatable bonds is 1. The zero-order chi connectivity index (χ0) is 19.6. The van der Waals surface area contributed by atoms with Gasteiger partial charge in [-0.2, -0.15) is 18.3 Å². The molecule has 2 N–H and O–H groups in total. The number of H-pyrrole nitrogens is 2. The van der Waals surface area contributed by atoms with Crippen LogP contribution in [0.2, 0.25) is 0 Å². The largest absolute Gasteiger partial charge is 0.432 e. The number of halogens is 3. The summed E-state index contributed by atoms with van der Waals surface area (Å²) in [5.74, 6) is -0.512. The van der Waals surface area contributed by atoms with Crippen molar-refractivity contribution in [3.63, 3.8) is 0 Å². The van der Waals surface area contributed by atoms with Crippen LogP contribution in [0.15, 0.2) is 24.3 Å². The fourth-order valence-corrected chi connectivity index (χ4v) is 3.79. The van der Waals surface area contributed by atoms with Crippen molar-refractivity contribution in [2.45, 2.75) is 38.9 Å². The molecule has 0 unspecified atom stereocenters. The zero-order valence-corrected chi connectivity index (χ0v) is 15.2. The molecule has 4 rings (SSSR count). The molecule has 0 atom stereocenters. The molecule has 27 heavy (non-hydrogen) atoms. The summed E-state index contributed by atoms with van der Waals surface area (Å²) in [6.45, 7) is 6.74. The first-order valence-corrected chi connectivity index (χ1v) is 8.60. The molecule has 2 aromatic heterocycles. The van der Waals surface area contributed by atoms with Crippen LogP contribution in [0.4, 0.5) is 13.2 Å². The van der Waals surface area contributed by atoms with E-state index in [4.69, 9.17) is 0 Å². The number of nitrogens with zero attached hydrogens (tertiary/aromatic N) is 2. The lowest BCUT2D eigenvalue weighted by Crippen LogP contribution is -2.45.